The summed E-state index contributed by atoms with van der Waals surface area (Å²) in [6, 6.07) is 13.3. The van der Waals surface area contributed by atoms with Crippen LogP contribution in [-0.2, 0) is 6.42 Å². The van der Waals surface area contributed by atoms with E-state index < -0.39 is 0 Å². The Balaban J connectivity index is 2.13. The van der Waals surface area contributed by atoms with Gasteiger partial charge in [-0.2, -0.15) is 0 Å². The average molecular weight is 241 g/mol. The van der Waals surface area contributed by atoms with Crippen LogP contribution in [0.1, 0.15) is 17.4 Å². The highest BCUT2D eigenvalue weighted by Gasteiger charge is 2.05. The second-order valence-corrected chi connectivity index (χ2v) is 5.66. The van der Waals surface area contributed by atoms with Gasteiger partial charge in [0, 0.05) is 15.8 Å². The Hall–Kier alpha value is -1.54. The normalized spacial score (nSPS) is 11.2. The van der Waals surface area contributed by atoms with Gasteiger partial charge in [-0.25, -0.2) is 0 Å². The van der Waals surface area contributed by atoms with Crippen molar-refractivity contribution in [2.45, 2.75) is 20.3 Å². The van der Waals surface area contributed by atoms with Gasteiger partial charge in [-0.3, -0.25) is 0 Å². The monoisotopic (exact) mass is 241 g/mol. The minimum Gasteiger partial charge on any atom is -0.354 e. The number of hydrogen-bond donors (Lipinski definition) is 1. The summed E-state index contributed by atoms with van der Waals surface area (Å²) in [6.07, 6.45) is 1.09. The summed E-state index contributed by atoms with van der Waals surface area (Å²) in [5, 5.41) is 1.31. The number of hydrogen-bond acceptors (Lipinski definition) is 1. The van der Waals surface area contributed by atoms with Crippen LogP contribution < -0.4 is 0 Å². The van der Waals surface area contributed by atoms with E-state index in [-0.39, 0.29) is 0 Å². The van der Waals surface area contributed by atoms with E-state index in [4.69, 9.17) is 0 Å². The second-order valence-electron chi connectivity index (χ2n) is 4.37. The lowest BCUT2D eigenvalue weighted by molar-refractivity contribution is 1.15. The van der Waals surface area contributed by atoms with E-state index in [1.54, 1.807) is 0 Å². The molecule has 0 atom stereocenters. The third kappa shape index (κ3) is 1.89. The first-order valence-corrected chi connectivity index (χ1v) is 6.76. The van der Waals surface area contributed by atoms with Gasteiger partial charge < -0.3 is 4.98 Å². The zero-order valence-electron chi connectivity index (χ0n) is 10.1. The fourth-order valence-corrected chi connectivity index (χ4v) is 2.95. The van der Waals surface area contributed by atoms with Crippen LogP contribution in [0.5, 0.6) is 0 Å². The van der Waals surface area contributed by atoms with Crippen molar-refractivity contribution in [3.8, 4) is 10.6 Å². The molecule has 1 aromatic carbocycles. The topological polar surface area (TPSA) is 15.8 Å². The first kappa shape index (κ1) is 10.6. The molecule has 0 saturated heterocycles. The van der Waals surface area contributed by atoms with Crippen LogP contribution in [0.2, 0.25) is 0 Å². The van der Waals surface area contributed by atoms with E-state index in [9.17, 15) is 0 Å². The molecule has 0 amide bonds. The lowest BCUT2D eigenvalue weighted by Gasteiger charge is -1.94. The highest BCUT2D eigenvalue weighted by Crippen LogP contribution is 2.30. The largest absolute Gasteiger partial charge is 0.354 e. The van der Waals surface area contributed by atoms with E-state index in [0.29, 0.717) is 0 Å². The third-order valence-electron chi connectivity index (χ3n) is 3.10. The van der Waals surface area contributed by atoms with Crippen molar-refractivity contribution in [1.82, 2.24) is 4.98 Å². The molecule has 2 heteroatoms. The molecule has 0 unspecified atom stereocenters. The SMILES string of the molecule is CCc1ccc2[nH]c(-c3ccc(C)s3)cc2c1. The summed E-state index contributed by atoms with van der Waals surface area (Å²) < 4.78 is 0. The first-order valence-electron chi connectivity index (χ1n) is 5.94. The molecule has 0 radical (unpaired) electrons. The van der Waals surface area contributed by atoms with E-state index in [0.717, 1.165) is 6.42 Å². The average Bonchev–Trinajstić information content (AvgIpc) is 2.93. The molecular formula is C15H15NS. The van der Waals surface area contributed by atoms with Crippen molar-refractivity contribution >= 4 is 22.2 Å². The molecule has 0 fully saturated rings. The summed E-state index contributed by atoms with van der Waals surface area (Å²) in [6.45, 7) is 4.34. The summed E-state index contributed by atoms with van der Waals surface area (Å²) in [4.78, 5) is 6.16. The fraction of sp³-hybridized carbons (Fsp3) is 0.200. The quantitative estimate of drug-likeness (QED) is 0.665. The number of rotatable bonds is 2. The van der Waals surface area contributed by atoms with Crippen molar-refractivity contribution in [3.05, 3.63) is 46.8 Å². The van der Waals surface area contributed by atoms with Crippen molar-refractivity contribution in [3.63, 3.8) is 0 Å². The van der Waals surface area contributed by atoms with Crippen LogP contribution in [0.4, 0.5) is 0 Å². The van der Waals surface area contributed by atoms with Gasteiger partial charge in [-0.15, -0.1) is 11.3 Å². The molecule has 0 aliphatic heterocycles. The molecule has 0 aliphatic rings. The zero-order chi connectivity index (χ0) is 11.8. The predicted molar refractivity (Wildman–Crippen MR) is 75.7 cm³/mol. The number of H-pyrrole nitrogens is 1. The van der Waals surface area contributed by atoms with Gasteiger partial charge in [0.15, 0.2) is 0 Å². The second kappa shape index (κ2) is 4.04. The van der Waals surface area contributed by atoms with Gasteiger partial charge >= 0.3 is 0 Å². The molecule has 3 rings (SSSR count). The summed E-state index contributed by atoms with van der Waals surface area (Å²) in [5.41, 5.74) is 3.85. The van der Waals surface area contributed by atoms with Crippen LogP contribution in [-0.4, -0.2) is 4.98 Å². The number of aromatic amines is 1. The summed E-state index contributed by atoms with van der Waals surface area (Å²) in [7, 11) is 0. The van der Waals surface area contributed by atoms with Gasteiger partial charge in [-0.05, 0) is 49.2 Å². The Morgan fingerprint density at radius 1 is 1.12 bits per heavy atom. The minimum atomic E-state index is 1.09. The number of aromatic nitrogens is 1. The van der Waals surface area contributed by atoms with Gasteiger partial charge in [0.1, 0.15) is 0 Å². The molecule has 1 N–H and O–H groups in total. The van der Waals surface area contributed by atoms with Crippen LogP contribution >= 0.6 is 11.3 Å². The molecule has 0 aliphatic carbocycles. The summed E-state index contributed by atoms with van der Waals surface area (Å²) in [5.74, 6) is 0. The van der Waals surface area contributed by atoms with Crippen molar-refractivity contribution in [2.75, 3.05) is 0 Å². The van der Waals surface area contributed by atoms with Crippen molar-refractivity contribution < 1.29 is 0 Å². The van der Waals surface area contributed by atoms with Crippen LogP contribution in [0.25, 0.3) is 21.5 Å². The number of aryl methyl sites for hydroxylation is 2. The van der Waals surface area contributed by atoms with Gasteiger partial charge in [-0.1, -0.05) is 13.0 Å². The van der Waals surface area contributed by atoms with Crippen LogP contribution in [0.3, 0.4) is 0 Å². The van der Waals surface area contributed by atoms with Gasteiger partial charge in [0.2, 0.25) is 0 Å². The Morgan fingerprint density at radius 3 is 2.71 bits per heavy atom. The third-order valence-corrected chi connectivity index (χ3v) is 4.13. The molecule has 0 bridgehead atoms. The lowest BCUT2D eigenvalue weighted by atomic mass is 10.1. The molecule has 86 valence electrons. The molecule has 0 saturated carbocycles. The predicted octanol–water partition coefficient (Wildman–Crippen LogP) is 4.77. The maximum atomic E-state index is 3.49. The Bertz CT molecular complexity index is 660. The number of nitrogens with one attached hydrogen (secondary N) is 1. The molecule has 1 nitrogen and oxygen atoms in total. The Labute approximate surface area is 105 Å². The van der Waals surface area contributed by atoms with E-state index >= 15 is 0 Å². The Kier molecular flexibility index (Phi) is 2.52. The maximum Gasteiger partial charge on any atom is 0.0566 e. The fourth-order valence-electron chi connectivity index (χ4n) is 2.11. The van der Waals surface area contributed by atoms with Gasteiger partial charge in [0.05, 0.1) is 10.6 Å². The zero-order valence-corrected chi connectivity index (χ0v) is 10.9. The van der Waals surface area contributed by atoms with E-state index in [1.807, 2.05) is 11.3 Å². The first-order chi connectivity index (χ1) is 8.26. The van der Waals surface area contributed by atoms with Gasteiger partial charge in [0.25, 0.3) is 0 Å². The van der Waals surface area contributed by atoms with Crippen LogP contribution in [0, 0.1) is 6.92 Å². The number of benzene rings is 1. The number of fused-ring (bicyclic) bond motifs is 1. The highest BCUT2D eigenvalue weighted by molar-refractivity contribution is 7.15. The number of thiophene rings is 1. The van der Waals surface area contributed by atoms with Crippen molar-refractivity contribution in [2.24, 2.45) is 0 Å². The maximum absolute atomic E-state index is 3.49. The molecule has 2 aromatic heterocycles. The molecule has 3 aromatic rings. The molecule has 17 heavy (non-hydrogen) atoms. The van der Waals surface area contributed by atoms with Crippen molar-refractivity contribution in [1.29, 1.82) is 0 Å². The summed E-state index contributed by atoms with van der Waals surface area (Å²) >= 11 is 1.83. The molecule has 0 spiro atoms. The smallest absolute Gasteiger partial charge is 0.0566 e. The molecular weight excluding hydrogens is 226 g/mol. The molecule has 2 heterocycles. The standard InChI is InChI=1S/C15H15NS/c1-3-11-5-6-13-12(8-11)9-14(16-13)15-7-4-10(2)17-15/h4-9,16H,3H2,1-2H3. The van der Waals surface area contributed by atoms with E-state index in [1.165, 1.54) is 31.9 Å². The Morgan fingerprint density at radius 2 is 2.00 bits per heavy atom. The lowest BCUT2D eigenvalue weighted by Crippen LogP contribution is -1.77. The van der Waals surface area contributed by atoms with Crippen LogP contribution in [0.15, 0.2) is 36.4 Å². The van der Waals surface area contributed by atoms with E-state index in [2.05, 4.69) is 55.2 Å². The highest BCUT2D eigenvalue weighted by atomic mass is 32.1. The minimum absolute atomic E-state index is 1.09.